The maximum Gasteiger partial charge on any atom is 0.127 e. The van der Waals surface area contributed by atoms with Crippen molar-refractivity contribution in [3.8, 4) is 23.8 Å². The topological polar surface area (TPSA) is 30.5 Å². The summed E-state index contributed by atoms with van der Waals surface area (Å²) in [5.74, 6) is 4.33. The molecule has 20 heavy (non-hydrogen) atoms. The van der Waals surface area contributed by atoms with Crippen molar-refractivity contribution in [2.24, 2.45) is 0 Å². The highest BCUT2D eigenvalue weighted by Gasteiger charge is 2.20. The molecule has 1 fully saturated rings. The van der Waals surface area contributed by atoms with Crippen LogP contribution in [0.1, 0.15) is 38.2 Å². The van der Waals surface area contributed by atoms with Crippen LogP contribution in [0.2, 0.25) is 0 Å². The smallest absolute Gasteiger partial charge is 0.127 e. The number of benzene rings is 1. The van der Waals surface area contributed by atoms with E-state index in [9.17, 15) is 0 Å². The highest BCUT2D eigenvalue weighted by molar-refractivity contribution is 5.41. The first kappa shape index (κ1) is 14.7. The Morgan fingerprint density at radius 2 is 2.15 bits per heavy atom. The van der Waals surface area contributed by atoms with E-state index in [0.29, 0.717) is 19.1 Å². The van der Waals surface area contributed by atoms with Gasteiger partial charge in [0.05, 0.1) is 13.2 Å². The zero-order valence-corrected chi connectivity index (χ0v) is 12.2. The van der Waals surface area contributed by atoms with Gasteiger partial charge < -0.3 is 14.8 Å². The lowest BCUT2D eigenvalue weighted by Gasteiger charge is -2.14. The van der Waals surface area contributed by atoms with Crippen molar-refractivity contribution in [1.29, 1.82) is 0 Å². The number of ether oxygens (including phenoxy) is 2. The molecule has 0 unspecified atom stereocenters. The lowest BCUT2D eigenvalue weighted by molar-refractivity contribution is 0.303. The quantitative estimate of drug-likeness (QED) is 0.554. The summed E-state index contributed by atoms with van der Waals surface area (Å²) in [6.07, 6.45) is 9.45. The van der Waals surface area contributed by atoms with Crippen LogP contribution in [0.4, 0.5) is 0 Å². The second kappa shape index (κ2) is 7.81. The van der Waals surface area contributed by atoms with E-state index < -0.39 is 0 Å². The zero-order chi connectivity index (χ0) is 14.2. The van der Waals surface area contributed by atoms with Crippen molar-refractivity contribution in [2.75, 3.05) is 13.2 Å². The predicted octanol–water partition coefficient (Wildman–Crippen LogP) is 3.13. The Hall–Kier alpha value is -1.66. The van der Waals surface area contributed by atoms with Crippen LogP contribution in [0.15, 0.2) is 18.2 Å². The Labute approximate surface area is 121 Å². The van der Waals surface area contributed by atoms with Crippen molar-refractivity contribution < 1.29 is 9.47 Å². The van der Waals surface area contributed by atoms with Crippen molar-refractivity contribution in [2.45, 2.75) is 45.2 Å². The average molecular weight is 273 g/mol. The van der Waals surface area contributed by atoms with Gasteiger partial charge in [-0.3, -0.25) is 0 Å². The monoisotopic (exact) mass is 273 g/mol. The lowest BCUT2D eigenvalue weighted by Crippen LogP contribution is -2.16. The van der Waals surface area contributed by atoms with Crippen LogP contribution in [0.3, 0.4) is 0 Å². The molecule has 1 aromatic rings. The van der Waals surface area contributed by atoms with Gasteiger partial charge in [-0.1, -0.05) is 13.0 Å². The Kier molecular flexibility index (Phi) is 5.76. The van der Waals surface area contributed by atoms with Crippen LogP contribution in [-0.2, 0) is 6.54 Å². The summed E-state index contributed by atoms with van der Waals surface area (Å²) in [5, 5.41) is 3.51. The second-order valence-electron chi connectivity index (χ2n) is 5.08. The van der Waals surface area contributed by atoms with Crippen molar-refractivity contribution >= 4 is 0 Å². The molecule has 0 amide bonds. The van der Waals surface area contributed by atoms with Gasteiger partial charge in [0.15, 0.2) is 0 Å². The highest BCUT2D eigenvalue weighted by Crippen LogP contribution is 2.27. The van der Waals surface area contributed by atoms with E-state index in [1.165, 1.54) is 12.8 Å². The molecule has 0 atom stereocenters. The van der Waals surface area contributed by atoms with Gasteiger partial charge in [-0.05, 0) is 25.3 Å². The largest absolute Gasteiger partial charge is 0.493 e. The Morgan fingerprint density at radius 1 is 1.30 bits per heavy atom. The van der Waals surface area contributed by atoms with E-state index in [-0.39, 0.29) is 0 Å². The van der Waals surface area contributed by atoms with E-state index in [0.717, 1.165) is 36.6 Å². The third-order valence-corrected chi connectivity index (χ3v) is 3.17. The fourth-order valence-corrected chi connectivity index (χ4v) is 1.89. The second-order valence-corrected chi connectivity index (χ2v) is 5.08. The molecule has 0 radical (unpaired) electrons. The number of terminal acetylenes is 1. The van der Waals surface area contributed by atoms with E-state index in [4.69, 9.17) is 15.9 Å². The SMILES string of the molecule is C#CCCOc1cc(OCCC)ccc1CNC1CC1. The summed E-state index contributed by atoms with van der Waals surface area (Å²) in [4.78, 5) is 0. The number of rotatable bonds is 9. The maximum absolute atomic E-state index is 5.79. The van der Waals surface area contributed by atoms with Gasteiger partial charge >= 0.3 is 0 Å². The molecule has 2 rings (SSSR count). The summed E-state index contributed by atoms with van der Waals surface area (Å²) in [7, 11) is 0. The summed E-state index contributed by atoms with van der Waals surface area (Å²) in [6.45, 7) is 4.20. The summed E-state index contributed by atoms with van der Waals surface area (Å²) in [6, 6.07) is 6.74. The molecule has 3 heteroatoms. The van der Waals surface area contributed by atoms with Crippen LogP contribution in [0.5, 0.6) is 11.5 Å². The molecule has 0 bridgehead atoms. The molecular formula is C17H23NO2. The molecule has 1 aromatic carbocycles. The zero-order valence-electron chi connectivity index (χ0n) is 12.2. The summed E-state index contributed by atoms with van der Waals surface area (Å²) in [5.41, 5.74) is 1.16. The minimum absolute atomic E-state index is 0.546. The molecule has 1 aliphatic rings. The van der Waals surface area contributed by atoms with Gasteiger partial charge in [0.25, 0.3) is 0 Å². The highest BCUT2D eigenvalue weighted by atomic mass is 16.5. The minimum atomic E-state index is 0.546. The van der Waals surface area contributed by atoms with E-state index in [2.05, 4.69) is 24.2 Å². The third kappa shape index (κ3) is 4.79. The maximum atomic E-state index is 5.79. The van der Waals surface area contributed by atoms with Gasteiger partial charge in [-0.15, -0.1) is 12.3 Å². The Bertz CT molecular complexity index is 461. The fourth-order valence-electron chi connectivity index (χ4n) is 1.89. The van der Waals surface area contributed by atoms with Crippen LogP contribution >= 0.6 is 0 Å². The van der Waals surface area contributed by atoms with E-state index in [1.807, 2.05) is 12.1 Å². The standard InChI is InChI=1S/C17H23NO2/c1-3-5-11-20-17-12-16(19-10-4-2)9-6-14(17)13-18-15-7-8-15/h1,6,9,12,15,18H,4-5,7-8,10-11,13H2,2H3. The van der Waals surface area contributed by atoms with Crippen LogP contribution in [-0.4, -0.2) is 19.3 Å². The van der Waals surface area contributed by atoms with Gasteiger partial charge in [0, 0.05) is 30.6 Å². The molecule has 1 N–H and O–H groups in total. The molecule has 0 spiro atoms. The number of nitrogens with one attached hydrogen (secondary N) is 1. The van der Waals surface area contributed by atoms with Gasteiger partial charge in [-0.25, -0.2) is 0 Å². The molecular weight excluding hydrogens is 250 g/mol. The Balaban J connectivity index is 2.00. The molecule has 3 nitrogen and oxygen atoms in total. The first-order valence-corrected chi connectivity index (χ1v) is 7.39. The molecule has 0 aliphatic heterocycles. The van der Waals surface area contributed by atoms with Gasteiger partial charge in [-0.2, -0.15) is 0 Å². The first-order valence-electron chi connectivity index (χ1n) is 7.39. The molecule has 1 aliphatic carbocycles. The average Bonchev–Trinajstić information content (AvgIpc) is 3.28. The predicted molar refractivity (Wildman–Crippen MR) is 81.0 cm³/mol. The minimum Gasteiger partial charge on any atom is -0.493 e. The van der Waals surface area contributed by atoms with Crippen molar-refractivity contribution in [3.05, 3.63) is 23.8 Å². The number of hydrogen-bond donors (Lipinski definition) is 1. The van der Waals surface area contributed by atoms with Crippen molar-refractivity contribution in [1.82, 2.24) is 5.32 Å². The van der Waals surface area contributed by atoms with Crippen LogP contribution < -0.4 is 14.8 Å². The van der Waals surface area contributed by atoms with Gasteiger partial charge in [0.1, 0.15) is 11.5 Å². The normalized spacial score (nSPS) is 13.8. The molecule has 1 saturated carbocycles. The van der Waals surface area contributed by atoms with E-state index in [1.54, 1.807) is 0 Å². The lowest BCUT2D eigenvalue weighted by atomic mass is 10.2. The van der Waals surface area contributed by atoms with E-state index >= 15 is 0 Å². The summed E-state index contributed by atoms with van der Waals surface area (Å²) < 4.78 is 11.4. The van der Waals surface area contributed by atoms with Crippen LogP contribution in [0, 0.1) is 12.3 Å². The number of hydrogen-bond acceptors (Lipinski definition) is 3. The first-order chi connectivity index (χ1) is 9.83. The van der Waals surface area contributed by atoms with Gasteiger partial charge in [0.2, 0.25) is 0 Å². The molecule has 108 valence electrons. The van der Waals surface area contributed by atoms with Crippen LogP contribution in [0.25, 0.3) is 0 Å². The van der Waals surface area contributed by atoms with Crippen molar-refractivity contribution in [3.63, 3.8) is 0 Å². The fraction of sp³-hybridized carbons (Fsp3) is 0.529. The summed E-state index contributed by atoms with van der Waals surface area (Å²) >= 11 is 0. The molecule has 0 aromatic heterocycles. The Morgan fingerprint density at radius 3 is 2.85 bits per heavy atom. The third-order valence-electron chi connectivity index (χ3n) is 3.17. The molecule has 0 heterocycles. The molecule has 0 saturated heterocycles.